The van der Waals surface area contributed by atoms with Crippen LogP contribution in [0.15, 0.2) is 18.2 Å². The molecule has 0 bridgehead atoms. The molecule has 0 radical (unpaired) electrons. The van der Waals surface area contributed by atoms with Crippen molar-refractivity contribution in [3.05, 3.63) is 29.6 Å². The molecule has 1 aromatic heterocycles. The normalized spacial score (nSPS) is 24.0. The number of ether oxygens (including phenoxy) is 2. The van der Waals surface area contributed by atoms with Crippen molar-refractivity contribution in [2.45, 2.75) is 44.8 Å². The molecule has 0 aliphatic carbocycles. The van der Waals surface area contributed by atoms with Gasteiger partial charge >= 0.3 is 0 Å². The quantitative estimate of drug-likeness (QED) is 0.720. The maximum absolute atomic E-state index is 11.7. The van der Waals surface area contributed by atoms with Gasteiger partial charge in [0.25, 0.3) is 0 Å². The summed E-state index contributed by atoms with van der Waals surface area (Å²) in [7, 11) is -3.10. The van der Waals surface area contributed by atoms with Crippen LogP contribution in [0, 0.1) is 12.8 Å². The van der Waals surface area contributed by atoms with E-state index in [0.29, 0.717) is 32.2 Å². The molecule has 2 fully saturated rings. The van der Waals surface area contributed by atoms with E-state index in [4.69, 9.17) is 9.47 Å². The smallest absolute Gasteiger partial charge is 0.211 e. The molecule has 0 aromatic carbocycles. The number of pyridine rings is 1. The van der Waals surface area contributed by atoms with E-state index in [0.717, 1.165) is 43.7 Å². The van der Waals surface area contributed by atoms with E-state index in [2.05, 4.69) is 4.98 Å². The molecule has 140 valence electrons. The van der Waals surface area contributed by atoms with Crippen LogP contribution >= 0.6 is 0 Å². The van der Waals surface area contributed by atoms with Gasteiger partial charge in [0.05, 0.1) is 24.2 Å². The Hall–Kier alpha value is -1.02. The second-order valence-electron chi connectivity index (χ2n) is 7.17. The predicted octanol–water partition coefficient (Wildman–Crippen LogP) is 2.13. The Labute approximate surface area is 150 Å². The van der Waals surface area contributed by atoms with Gasteiger partial charge in [-0.3, -0.25) is 4.98 Å². The minimum absolute atomic E-state index is 0.161. The van der Waals surface area contributed by atoms with E-state index in [1.807, 2.05) is 25.1 Å². The minimum Gasteiger partial charge on any atom is -0.375 e. The Bertz CT molecular complexity index is 684. The summed E-state index contributed by atoms with van der Waals surface area (Å²) in [5.74, 6) is 0.444. The first kappa shape index (κ1) is 18.8. The predicted molar refractivity (Wildman–Crippen MR) is 95.7 cm³/mol. The topological polar surface area (TPSA) is 68.7 Å². The van der Waals surface area contributed by atoms with Gasteiger partial charge in [0.15, 0.2) is 0 Å². The van der Waals surface area contributed by atoms with Crippen LogP contribution in [0.5, 0.6) is 0 Å². The fourth-order valence-corrected chi connectivity index (χ4v) is 4.87. The summed E-state index contributed by atoms with van der Waals surface area (Å²) in [6.45, 7) is 5.08. The van der Waals surface area contributed by atoms with Gasteiger partial charge in [-0.05, 0) is 50.7 Å². The third-order valence-corrected chi connectivity index (χ3v) is 6.75. The SMILES string of the molecule is Cc1cccc(COCCC2CCOC23CCN(S(C)(=O)=O)CC3)n1. The zero-order valence-electron chi connectivity index (χ0n) is 15.1. The molecule has 0 amide bonds. The lowest BCUT2D eigenvalue weighted by molar-refractivity contribution is -0.0618. The van der Waals surface area contributed by atoms with Crippen LogP contribution in [0.25, 0.3) is 0 Å². The largest absolute Gasteiger partial charge is 0.375 e. The van der Waals surface area contributed by atoms with Crippen molar-refractivity contribution in [2.75, 3.05) is 32.6 Å². The van der Waals surface area contributed by atoms with Gasteiger partial charge in [0.1, 0.15) is 0 Å². The summed E-state index contributed by atoms with van der Waals surface area (Å²) < 4.78 is 36.9. The van der Waals surface area contributed by atoms with Crippen LogP contribution < -0.4 is 0 Å². The zero-order chi connectivity index (χ0) is 17.9. The van der Waals surface area contributed by atoms with E-state index in [1.165, 1.54) is 6.26 Å². The summed E-state index contributed by atoms with van der Waals surface area (Å²) in [4.78, 5) is 4.45. The highest BCUT2D eigenvalue weighted by atomic mass is 32.2. The summed E-state index contributed by atoms with van der Waals surface area (Å²) in [6.07, 6.45) is 4.83. The summed E-state index contributed by atoms with van der Waals surface area (Å²) in [5, 5.41) is 0. The van der Waals surface area contributed by atoms with Crippen LogP contribution in [-0.4, -0.2) is 55.9 Å². The van der Waals surface area contributed by atoms with Crippen molar-refractivity contribution in [3.8, 4) is 0 Å². The number of aryl methyl sites for hydroxylation is 1. The second kappa shape index (κ2) is 7.70. The summed E-state index contributed by atoms with van der Waals surface area (Å²) >= 11 is 0. The molecule has 1 spiro atoms. The van der Waals surface area contributed by atoms with Crippen molar-refractivity contribution in [2.24, 2.45) is 5.92 Å². The number of hydrogen-bond donors (Lipinski definition) is 0. The molecular weight excluding hydrogens is 340 g/mol. The maximum Gasteiger partial charge on any atom is 0.211 e. The second-order valence-corrected chi connectivity index (χ2v) is 9.15. The van der Waals surface area contributed by atoms with Gasteiger partial charge in [-0.2, -0.15) is 0 Å². The fraction of sp³-hybridized carbons (Fsp3) is 0.722. The lowest BCUT2D eigenvalue weighted by Crippen LogP contribution is -2.49. The standard InChI is InChI=1S/C18H28N2O4S/c1-15-4-3-5-17(19-15)14-23-12-6-16-7-13-24-18(16)8-10-20(11-9-18)25(2,21)22/h3-5,16H,6-14H2,1-2H3. The molecule has 2 aliphatic heterocycles. The Balaban J connectivity index is 1.48. The molecule has 1 atom stereocenters. The van der Waals surface area contributed by atoms with Crippen LogP contribution in [0.4, 0.5) is 0 Å². The zero-order valence-corrected chi connectivity index (χ0v) is 15.9. The Kier molecular flexibility index (Phi) is 5.78. The van der Waals surface area contributed by atoms with E-state index in [-0.39, 0.29) is 5.60 Å². The Morgan fingerprint density at radius 3 is 2.80 bits per heavy atom. The van der Waals surface area contributed by atoms with Crippen molar-refractivity contribution >= 4 is 10.0 Å². The molecule has 3 heterocycles. The molecule has 0 N–H and O–H groups in total. The molecule has 1 aromatic rings. The number of aromatic nitrogens is 1. The summed E-state index contributed by atoms with van der Waals surface area (Å²) in [5.41, 5.74) is 1.80. The highest BCUT2D eigenvalue weighted by molar-refractivity contribution is 7.88. The monoisotopic (exact) mass is 368 g/mol. The van der Waals surface area contributed by atoms with Crippen LogP contribution in [-0.2, 0) is 26.1 Å². The maximum atomic E-state index is 11.7. The van der Waals surface area contributed by atoms with Crippen LogP contribution in [0.3, 0.4) is 0 Å². The van der Waals surface area contributed by atoms with Crippen molar-refractivity contribution in [1.82, 2.24) is 9.29 Å². The van der Waals surface area contributed by atoms with Gasteiger partial charge in [0, 0.05) is 32.0 Å². The third kappa shape index (κ3) is 4.58. The Morgan fingerprint density at radius 2 is 2.12 bits per heavy atom. The molecule has 2 saturated heterocycles. The molecule has 2 aliphatic rings. The Morgan fingerprint density at radius 1 is 1.36 bits per heavy atom. The highest BCUT2D eigenvalue weighted by Crippen LogP contribution is 2.42. The molecule has 7 heteroatoms. The van der Waals surface area contributed by atoms with Crippen molar-refractivity contribution in [3.63, 3.8) is 0 Å². The first-order valence-corrected chi connectivity index (χ1v) is 10.8. The van der Waals surface area contributed by atoms with E-state index >= 15 is 0 Å². The van der Waals surface area contributed by atoms with Gasteiger partial charge in [0.2, 0.25) is 10.0 Å². The number of rotatable bonds is 6. The molecule has 3 rings (SSSR count). The number of sulfonamides is 1. The first-order valence-electron chi connectivity index (χ1n) is 8.98. The average molecular weight is 368 g/mol. The number of hydrogen-bond acceptors (Lipinski definition) is 5. The lowest BCUT2D eigenvalue weighted by atomic mass is 9.78. The third-order valence-electron chi connectivity index (χ3n) is 5.44. The van der Waals surface area contributed by atoms with E-state index in [9.17, 15) is 8.42 Å². The molecule has 0 saturated carbocycles. The highest BCUT2D eigenvalue weighted by Gasteiger charge is 2.46. The fourth-order valence-electron chi connectivity index (χ4n) is 4.02. The molecule has 1 unspecified atom stereocenters. The first-order chi connectivity index (χ1) is 11.9. The van der Waals surface area contributed by atoms with Gasteiger partial charge in [-0.1, -0.05) is 6.07 Å². The number of piperidine rings is 1. The molecule has 25 heavy (non-hydrogen) atoms. The average Bonchev–Trinajstić information content (AvgIpc) is 2.93. The van der Waals surface area contributed by atoms with E-state index in [1.54, 1.807) is 4.31 Å². The summed E-state index contributed by atoms with van der Waals surface area (Å²) in [6, 6.07) is 5.95. The number of nitrogens with zero attached hydrogens (tertiary/aromatic N) is 2. The molecule has 6 nitrogen and oxygen atoms in total. The minimum atomic E-state index is -3.10. The van der Waals surface area contributed by atoms with Crippen molar-refractivity contribution in [1.29, 1.82) is 0 Å². The van der Waals surface area contributed by atoms with Crippen LogP contribution in [0.1, 0.15) is 37.1 Å². The van der Waals surface area contributed by atoms with Gasteiger partial charge < -0.3 is 9.47 Å². The van der Waals surface area contributed by atoms with Crippen LogP contribution in [0.2, 0.25) is 0 Å². The lowest BCUT2D eigenvalue weighted by Gasteiger charge is -2.41. The van der Waals surface area contributed by atoms with Gasteiger partial charge in [-0.15, -0.1) is 0 Å². The van der Waals surface area contributed by atoms with E-state index < -0.39 is 10.0 Å². The van der Waals surface area contributed by atoms with Crippen molar-refractivity contribution < 1.29 is 17.9 Å². The van der Waals surface area contributed by atoms with Gasteiger partial charge in [-0.25, -0.2) is 12.7 Å². The molecular formula is C18H28N2O4S.